The Labute approximate surface area is 110 Å². The quantitative estimate of drug-likeness (QED) is 0.677. The van der Waals surface area contributed by atoms with E-state index in [4.69, 9.17) is 16.9 Å². The van der Waals surface area contributed by atoms with E-state index in [9.17, 15) is 0 Å². The van der Waals surface area contributed by atoms with Crippen LogP contribution in [0.1, 0.15) is 18.4 Å². The third-order valence-corrected chi connectivity index (χ3v) is 3.51. The van der Waals surface area contributed by atoms with Gasteiger partial charge < -0.3 is 4.98 Å². The zero-order chi connectivity index (χ0) is 12.7. The lowest BCUT2D eigenvalue weighted by Gasteiger charge is -2.02. The third kappa shape index (κ3) is 1.64. The Morgan fingerprint density at radius 1 is 1.11 bits per heavy atom. The van der Waals surface area contributed by atoms with Crippen molar-refractivity contribution in [2.24, 2.45) is 0 Å². The second-order valence-electron chi connectivity index (χ2n) is 4.47. The fraction of sp³-hybridized carbons (Fsp3) is 0.133. The minimum Gasteiger partial charge on any atom is -0.355 e. The lowest BCUT2D eigenvalue weighted by atomic mass is 10.0. The fourth-order valence-electron chi connectivity index (χ4n) is 2.24. The topological polar surface area (TPSA) is 39.6 Å². The van der Waals surface area contributed by atoms with Crippen molar-refractivity contribution in [3.05, 3.63) is 47.0 Å². The Balaban J connectivity index is 2.31. The summed E-state index contributed by atoms with van der Waals surface area (Å²) < 4.78 is 0. The van der Waals surface area contributed by atoms with Crippen molar-refractivity contribution in [1.82, 2.24) is 4.98 Å². The average molecular weight is 255 g/mol. The van der Waals surface area contributed by atoms with E-state index in [1.807, 2.05) is 43.3 Å². The van der Waals surface area contributed by atoms with Gasteiger partial charge in [0.2, 0.25) is 0 Å². The summed E-state index contributed by atoms with van der Waals surface area (Å²) in [5.41, 5.74) is 3.14. The van der Waals surface area contributed by atoms with E-state index < -0.39 is 0 Å². The van der Waals surface area contributed by atoms with Crippen LogP contribution in [0.2, 0.25) is 5.02 Å². The molecule has 18 heavy (non-hydrogen) atoms. The molecule has 0 aliphatic rings. The molecular weight excluding hydrogens is 244 g/mol. The second kappa shape index (κ2) is 4.04. The Morgan fingerprint density at radius 2 is 1.94 bits per heavy atom. The van der Waals surface area contributed by atoms with Crippen molar-refractivity contribution in [3.63, 3.8) is 0 Å². The average Bonchev–Trinajstić information content (AvgIpc) is 2.74. The van der Waals surface area contributed by atoms with Crippen LogP contribution < -0.4 is 0 Å². The lowest BCUT2D eigenvalue weighted by molar-refractivity contribution is 0.984. The molecule has 0 aliphatic carbocycles. The van der Waals surface area contributed by atoms with Gasteiger partial charge in [-0.3, -0.25) is 0 Å². The summed E-state index contributed by atoms with van der Waals surface area (Å²) in [6.45, 7) is 1.90. The standard InChI is InChI=1S/C15H11ClN2/c1-9(8-17)10-2-4-12-13-7-11(16)3-5-14(13)18-15(12)6-10/h2-7,9,18H,1H3. The summed E-state index contributed by atoms with van der Waals surface area (Å²) in [6.07, 6.45) is 0. The van der Waals surface area contributed by atoms with Crippen molar-refractivity contribution in [3.8, 4) is 6.07 Å². The lowest BCUT2D eigenvalue weighted by Crippen LogP contribution is -1.88. The Hall–Kier alpha value is -1.98. The molecule has 1 heterocycles. The number of benzene rings is 2. The number of nitrogens with one attached hydrogen (secondary N) is 1. The van der Waals surface area contributed by atoms with Gasteiger partial charge >= 0.3 is 0 Å². The number of H-pyrrole nitrogens is 1. The maximum Gasteiger partial charge on any atom is 0.0700 e. The molecule has 0 saturated heterocycles. The van der Waals surface area contributed by atoms with Crippen LogP contribution >= 0.6 is 11.6 Å². The number of hydrogen-bond donors (Lipinski definition) is 1. The van der Waals surface area contributed by atoms with Crippen molar-refractivity contribution < 1.29 is 0 Å². The molecule has 0 fully saturated rings. The predicted octanol–water partition coefficient (Wildman–Crippen LogP) is 4.60. The molecule has 0 spiro atoms. The van der Waals surface area contributed by atoms with Crippen LogP contribution in [0.5, 0.6) is 0 Å². The highest BCUT2D eigenvalue weighted by Crippen LogP contribution is 2.29. The van der Waals surface area contributed by atoms with Gasteiger partial charge in [0.1, 0.15) is 0 Å². The minimum atomic E-state index is -0.0931. The second-order valence-corrected chi connectivity index (χ2v) is 4.91. The molecule has 2 nitrogen and oxygen atoms in total. The van der Waals surface area contributed by atoms with E-state index in [-0.39, 0.29) is 5.92 Å². The van der Waals surface area contributed by atoms with E-state index in [0.29, 0.717) is 0 Å². The molecule has 2 aromatic carbocycles. The van der Waals surface area contributed by atoms with E-state index >= 15 is 0 Å². The van der Waals surface area contributed by atoms with Gasteiger partial charge in [-0.1, -0.05) is 23.7 Å². The molecule has 0 saturated carbocycles. The van der Waals surface area contributed by atoms with Crippen molar-refractivity contribution in [1.29, 1.82) is 5.26 Å². The monoisotopic (exact) mass is 254 g/mol. The van der Waals surface area contributed by atoms with Crippen LogP contribution in [0, 0.1) is 11.3 Å². The fourth-order valence-corrected chi connectivity index (χ4v) is 2.41. The Morgan fingerprint density at radius 3 is 2.72 bits per heavy atom. The first kappa shape index (κ1) is 11.1. The molecule has 0 radical (unpaired) electrons. The maximum atomic E-state index is 8.96. The molecule has 3 aromatic rings. The summed E-state index contributed by atoms with van der Waals surface area (Å²) >= 11 is 6.02. The van der Waals surface area contributed by atoms with Crippen molar-refractivity contribution in [2.45, 2.75) is 12.8 Å². The van der Waals surface area contributed by atoms with E-state index in [1.165, 1.54) is 0 Å². The molecule has 3 rings (SSSR count). The number of aromatic nitrogens is 1. The largest absolute Gasteiger partial charge is 0.355 e. The van der Waals surface area contributed by atoms with Crippen molar-refractivity contribution in [2.75, 3.05) is 0 Å². The van der Waals surface area contributed by atoms with E-state index in [2.05, 4.69) is 11.1 Å². The number of halogens is 1. The summed E-state index contributed by atoms with van der Waals surface area (Å²) in [5.74, 6) is -0.0931. The first-order valence-electron chi connectivity index (χ1n) is 5.79. The van der Waals surface area contributed by atoms with Crippen LogP contribution in [0.15, 0.2) is 36.4 Å². The van der Waals surface area contributed by atoms with Gasteiger partial charge in [-0.15, -0.1) is 0 Å². The van der Waals surface area contributed by atoms with Gasteiger partial charge in [-0.25, -0.2) is 0 Å². The number of hydrogen-bond acceptors (Lipinski definition) is 1. The predicted molar refractivity (Wildman–Crippen MR) is 74.8 cm³/mol. The number of nitriles is 1. The normalized spacial score (nSPS) is 12.7. The number of nitrogens with zero attached hydrogens (tertiary/aromatic N) is 1. The smallest absolute Gasteiger partial charge is 0.0700 e. The summed E-state index contributed by atoms with van der Waals surface area (Å²) in [5, 5.41) is 12.0. The molecule has 1 atom stereocenters. The first-order chi connectivity index (χ1) is 8.69. The molecule has 1 N–H and O–H groups in total. The molecule has 0 amide bonds. The highest BCUT2D eigenvalue weighted by atomic mass is 35.5. The zero-order valence-electron chi connectivity index (χ0n) is 9.87. The highest BCUT2D eigenvalue weighted by Gasteiger charge is 2.08. The van der Waals surface area contributed by atoms with Gasteiger partial charge in [0.05, 0.1) is 12.0 Å². The molecule has 88 valence electrons. The Bertz CT molecular complexity index is 780. The summed E-state index contributed by atoms with van der Waals surface area (Å²) in [4.78, 5) is 3.36. The number of fused-ring (bicyclic) bond motifs is 3. The molecule has 3 heteroatoms. The maximum absolute atomic E-state index is 8.96. The number of aromatic amines is 1. The van der Waals surface area contributed by atoms with Crippen LogP contribution in [0.4, 0.5) is 0 Å². The molecule has 0 bridgehead atoms. The van der Waals surface area contributed by atoms with E-state index in [0.717, 1.165) is 32.4 Å². The van der Waals surface area contributed by atoms with Gasteiger partial charge in [0.25, 0.3) is 0 Å². The zero-order valence-corrected chi connectivity index (χ0v) is 10.6. The molecule has 1 aromatic heterocycles. The minimum absolute atomic E-state index is 0.0931. The highest BCUT2D eigenvalue weighted by molar-refractivity contribution is 6.31. The van der Waals surface area contributed by atoms with Crippen LogP contribution in [0.25, 0.3) is 21.8 Å². The Kier molecular flexibility index (Phi) is 2.50. The van der Waals surface area contributed by atoms with Crippen LogP contribution in [0.3, 0.4) is 0 Å². The first-order valence-corrected chi connectivity index (χ1v) is 6.17. The SMILES string of the molecule is CC(C#N)c1ccc2c(c1)[nH]c1ccc(Cl)cc12. The van der Waals surface area contributed by atoms with Gasteiger partial charge in [-0.05, 0) is 36.8 Å². The summed E-state index contributed by atoms with van der Waals surface area (Å²) in [6, 6.07) is 14.2. The van der Waals surface area contributed by atoms with E-state index in [1.54, 1.807) is 0 Å². The number of rotatable bonds is 1. The van der Waals surface area contributed by atoms with Gasteiger partial charge in [0, 0.05) is 26.8 Å². The molecular formula is C15H11ClN2. The van der Waals surface area contributed by atoms with Crippen LogP contribution in [-0.2, 0) is 0 Å². The van der Waals surface area contributed by atoms with Gasteiger partial charge in [0.15, 0.2) is 0 Å². The van der Waals surface area contributed by atoms with Crippen LogP contribution in [-0.4, -0.2) is 4.98 Å². The van der Waals surface area contributed by atoms with Gasteiger partial charge in [-0.2, -0.15) is 5.26 Å². The molecule has 0 aliphatic heterocycles. The third-order valence-electron chi connectivity index (χ3n) is 3.28. The molecule has 1 unspecified atom stereocenters. The summed E-state index contributed by atoms with van der Waals surface area (Å²) in [7, 11) is 0. The van der Waals surface area contributed by atoms with Crippen molar-refractivity contribution >= 4 is 33.4 Å².